The number of nitrogens with one attached hydrogen (secondary N) is 1. The Balaban J connectivity index is 3.23. The zero-order valence-corrected chi connectivity index (χ0v) is 13.5. The summed E-state index contributed by atoms with van der Waals surface area (Å²) < 4.78 is 10.0. The van der Waals surface area contributed by atoms with E-state index >= 15 is 0 Å². The van der Waals surface area contributed by atoms with Crippen LogP contribution in [-0.4, -0.2) is 35.4 Å². The number of carbonyl (C=O) groups is 3. The Morgan fingerprint density at radius 2 is 1.79 bits per heavy atom. The van der Waals surface area contributed by atoms with Crippen molar-refractivity contribution in [3.63, 3.8) is 0 Å². The number of nitro benzene ring substituents is 1. The van der Waals surface area contributed by atoms with Gasteiger partial charge in [-0.15, -0.1) is 0 Å². The first-order chi connectivity index (χ1) is 11.3. The van der Waals surface area contributed by atoms with Crippen molar-refractivity contribution in [2.24, 2.45) is 0 Å². The molecule has 2 atom stereocenters. The van der Waals surface area contributed by atoms with Crippen molar-refractivity contribution in [3.8, 4) is 0 Å². The molecule has 0 spiro atoms. The van der Waals surface area contributed by atoms with E-state index in [4.69, 9.17) is 9.47 Å². The third kappa shape index (κ3) is 5.34. The van der Waals surface area contributed by atoms with Crippen LogP contribution in [-0.2, 0) is 23.9 Å². The molecule has 24 heavy (non-hydrogen) atoms. The summed E-state index contributed by atoms with van der Waals surface area (Å²) in [6.07, 6.45) is -1.17. The van der Waals surface area contributed by atoms with Crippen molar-refractivity contribution < 1.29 is 28.8 Å². The maximum atomic E-state index is 12.1. The van der Waals surface area contributed by atoms with Gasteiger partial charge in [0.2, 0.25) is 5.91 Å². The molecule has 1 amide bonds. The average molecular weight is 338 g/mol. The average Bonchev–Trinajstić information content (AvgIpc) is 2.50. The largest absolute Gasteiger partial charge is 0.464 e. The SMILES string of the molecule is CCOC(=O)[C@H](NC(C)=O)[C@@H](OC(C)=O)c1ccc([N+](=O)[O-])cc1. The van der Waals surface area contributed by atoms with Gasteiger partial charge in [0.15, 0.2) is 12.1 Å². The van der Waals surface area contributed by atoms with E-state index < -0.39 is 34.9 Å². The minimum Gasteiger partial charge on any atom is -0.464 e. The minimum atomic E-state index is -1.27. The first-order valence-electron chi connectivity index (χ1n) is 7.11. The molecule has 1 N–H and O–H groups in total. The molecule has 0 heterocycles. The topological polar surface area (TPSA) is 125 Å². The van der Waals surface area contributed by atoms with Gasteiger partial charge in [-0.2, -0.15) is 0 Å². The molecule has 1 aromatic carbocycles. The third-order valence-corrected chi connectivity index (χ3v) is 2.93. The third-order valence-electron chi connectivity index (χ3n) is 2.93. The highest BCUT2D eigenvalue weighted by Crippen LogP contribution is 2.25. The van der Waals surface area contributed by atoms with Gasteiger partial charge in [0.1, 0.15) is 0 Å². The lowest BCUT2D eigenvalue weighted by Crippen LogP contribution is -2.46. The molecule has 0 fully saturated rings. The summed E-state index contributed by atoms with van der Waals surface area (Å²) in [6, 6.07) is 3.84. The molecule has 0 aromatic heterocycles. The molecule has 0 bridgehead atoms. The number of benzene rings is 1. The number of ether oxygens (including phenoxy) is 2. The molecule has 1 aromatic rings. The van der Waals surface area contributed by atoms with Crippen molar-refractivity contribution in [2.45, 2.75) is 32.9 Å². The van der Waals surface area contributed by atoms with Crippen LogP contribution in [0.5, 0.6) is 0 Å². The van der Waals surface area contributed by atoms with Crippen molar-refractivity contribution in [2.75, 3.05) is 6.61 Å². The number of carbonyl (C=O) groups excluding carboxylic acids is 3. The molecule has 9 nitrogen and oxygen atoms in total. The molecule has 0 saturated heterocycles. The second-order valence-electron chi connectivity index (χ2n) is 4.81. The van der Waals surface area contributed by atoms with Crippen LogP contribution in [0.25, 0.3) is 0 Å². The lowest BCUT2D eigenvalue weighted by atomic mass is 10.0. The second-order valence-corrected chi connectivity index (χ2v) is 4.81. The minimum absolute atomic E-state index is 0.0714. The van der Waals surface area contributed by atoms with Crippen molar-refractivity contribution in [1.82, 2.24) is 5.32 Å². The molecule has 9 heteroatoms. The van der Waals surface area contributed by atoms with Gasteiger partial charge in [-0.1, -0.05) is 0 Å². The number of nitrogens with zero attached hydrogens (tertiary/aromatic N) is 1. The first-order valence-corrected chi connectivity index (χ1v) is 7.11. The zero-order valence-electron chi connectivity index (χ0n) is 13.5. The van der Waals surface area contributed by atoms with Gasteiger partial charge in [-0.25, -0.2) is 4.79 Å². The monoisotopic (exact) mass is 338 g/mol. The van der Waals surface area contributed by atoms with Crippen molar-refractivity contribution in [3.05, 3.63) is 39.9 Å². The summed E-state index contributed by atoms with van der Waals surface area (Å²) in [5, 5.41) is 13.1. The highest BCUT2D eigenvalue weighted by atomic mass is 16.6. The van der Waals surface area contributed by atoms with Crippen molar-refractivity contribution in [1.29, 1.82) is 0 Å². The van der Waals surface area contributed by atoms with Crippen LogP contribution in [0, 0.1) is 10.1 Å². The van der Waals surface area contributed by atoms with Gasteiger partial charge in [0.05, 0.1) is 11.5 Å². The summed E-state index contributed by atoms with van der Waals surface area (Å²) in [5.74, 6) is -1.98. The van der Waals surface area contributed by atoms with Gasteiger partial charge in [-0.05, 0) is 24.6 Å². The highest BCUT2D eigenvalue weighted by Gasteiger charge is 2.34. The molecule has 0 aliphatic carbocycles. The Morgan fingerprint density at radius 1 is 1.21 bits per heavy atom. The summed E-state index contributed by atoms with van der Waals surface area (Å²) in [6.45, 7) is 4.01. The fraction of sp³-hybridized carbons (Fsp3) is 0.400. The van der Waals surface area contributed by atoms with E-state index in [0.29, 0.717) is 5.56 Å². The number of esters is 2. The summed E-state index contributed by atoms with van der Waals surface area (Å²) in [5.41, 5.74) is 0.148. The maximum Gasteiger partial charge on any atom is 0.332 e. The highest BCUT2D eigenvalue weighted by molar-refractivity contribution is 5.84. The lowest BCUT2D eigenvalue weighted by Gasteiger charge is -2.26. The van der Waals surface area contributed by atoms with E-state index in [1.807, 2.05) is 0 Å². The maximum absolute atomic E-state index is 12.1. The molecule has 1 rings (SSSR count). The lowest BCUT2D eigenvalue weighted by molar-refractivity contribution is -0.384. The van der Waals surface area contributed by atoms with Crippen LogP contribution in [0.2, 0.25) is 0 Å². The first kappa shape index (κ1) is 19.1. The van der Waals surface area contributed by atoms with Crippen LogP contribution in [0.1, 0.15) is 32.4 Å². The summed E-state index contributed by atoms with van der Waals surface area (Å²) in [7, 11) is 0. The quantitative estimate of drug-likeness (QED) is 0.451. The molecular formula is C15H18N2O7. The number of amides is 1. The summed E-state index contributed by atoms with van der Waals surface area (Å²) >= 11 is 0. The van der Waals surface area contributed by atoms with Crippen LogP contribution in [0.3, 0.4) is 0 Å². The Kier molecular flexibility index (Phi) is 6.84. The predicted molar refractivity (Wildman–Crippen MR) is 81.8 cm³/mol. The standard InChI is InChI=1S/C15H18N2O7/c1-4-23-15(20)13(16-9(2)18)14(24-10(3)19)11-5-7-12(8-6-11)17(21)22/h5-8,13-14H,4H2,1-3H3,(H,16,18)/t13-,14+/m1/s1. The molecule has 0 radical (unpaired) electrons. The fourth-order valence-corrected chi connectivity index (χ4v) is 2.00. The Bertz CT molecular complexity index is 627. The summed E-state index contributed by atoms with van der Waals surface area (Å²) in [4.78, 5) is 45.0. The van der Waals surface area contributed by atoms with E-state index in [2.05, 4.69) is 5.32 Å². The molecule has 0 aliphatic heterocycles. The Morgan fingerprint density at radius 3 is 2.21 bits per heavy atom. The Hall–Kier alpha value is -2.97. The van der Waals surface area contributed by atoms with Gasteiger partial charge >= 0.3 is 11.9 Å². The molecule has 0 unspecified atom stereocenters. The number of hydrogen-bond acceptors (Lipinski definition) is 7. The molecule has 0 aliphatic rings. The van der Waals surface area contributed by atoms with Gasteiger partial charge < -0.3 is 14.8 Å². The van der Waals surface area contributed by atoms with Crippen LogP contribution < -0.4 is 5.32 Å². The van der Waals surface area contributed by atoms with Crippen LogP contribution >= 0.6 is 0 Å². The van der Waals surface area contributed by atoms with E-state index in [0.717, 1.165) is 6.92 Å². The van der Waals surface area contributed by atoms with Crippen molar-refractivity contribution >= 4 is 23.5 Å². The Labute approximate surface area is 138 Å². The molecular weight excluding hydrogens is 320 g/mol. The molecule has 130 valence electrons. The molecule has 0 saturated carbocycles. The van der Waals surface area contributed by atoms with E-state index in [9.17, 15) is 24.5 Å². The van der Waals surface area contributed by atoms with E-state index in [1.165, 1.54) is 31.2 Å². The normalized spacial score (nSPS) is 12.6. The zero-order chi connectivity index (χ0) is 18.3. The number of non-ortho nitro benzene ring substituents is 1. The number of nitro groups is 1. The van der Waals surface area contributed by atoms with Gasteiger partial charge in [0, 0.05) is 26.0 Å². The smallest absolute Gasteiger partial charge is 0.332 e. The number of rotatable bonds is 7. The number of hydrogen-bond donors (Lipinski definition) is 1. The van der Waals surface area contributed by atoms with Gasteiger partial charge in [0.25, 0.3) is 5.69 Å². The fourth-order valence-electron chi connectivity index (χ4n) is 2.00. The van der Waals surface area contributed by atoms with E-state index in [-0.39, 0.29) is 12.3 Å². The van der Waals surface area contributed by atoms with Crippen LogP contribution in [0.4, 0.5) is 5.69 Å². The second kappa shape index (κ2) is 8.61. The van der Waals surface area contributed by atoms with Gasteiger partial charge in [-0.3, -0.25) is 19.7 Å². The van der Waals surface area contributed by atoms with Crippen LogP contribution in [0.15, 0.2) is 24.3 Å². The van der Waals surface area contributed by atoms with E-state index in [1.54, 1.807) is 6.92 Å². The predicted octanol–water partition coefficient (Wildman–Crippen LogP) is 1.27.